The number of amides is 1. The van der Waals surface area contributed by atoms with Crippen LogP contribution in [-0.4, -0.2) is 35.8 Å². The molecule has 1 unspecified atom stereocenters. The van der Waals surface area contributed by atoms with E-state index in [-0.39, 0.29) is 18.1 Å². The molecule has 0 spiro atoms. The van der Waals surface area contributed by atoms with Gasteiger partial charge in [0.05, 0.1) is 12.2 Å². The average Bonchev–Trinajstić information content (AvgIpc) is 2.35. The standard InChI is InChI=1S/C12H19N2O4P/c1-13-11(12(15)14-2)7-9-3-5-10(6-4-9)8-19(16,17)18/h3-6,11,13H,7-8H2,1-2H3,(H,14,15)(H2,16,17,18). The largest absolute Gasteiger partial charge is 0.358 e. The lowest BCUT2D eigenvalue weighted by molar-refractivity contribution is -0.122. The lowest BCUT2D eigenvalue weighted by Gasteiger charge is -2.14. The van der Waals surface area contributed by atoms with Crippen LogP contribution in [0.15, 0.2) is 24.3 Å². The maximum absolute atomic E-state index is 11.5. The van der Waals surface area contributed by atoms with Crippen molar-refractivity contribution in [1.29, 1.82) is 0 Å². The fraction of sp³-hybridized carbons (Fsp3) is 0.417. The van der Waals surface area contributed by atoms with E-state index >= 15 is 0 Å². The summed E-state index contributed by atoms with van der Waals surface area (Å²) in [5.41, 5.74) is 1.51. The Kier molecular flexibility index (Phi) is 5.69. The molecule has 0 fully saturated rings. The van der Waals surface area contributed by atoms with E-state index in [0.29, 0.717) is 12.0 Å². The Labute approximate surface area is 112 Å². The molecule has 0 saturated carbocycles. The summed E-state index contributed by atoms with van der Waals surface area (Å²) in [6.07, 6.45) is 0.255. The molecule has 0 aliphatic heterocycles. The van der Waals surface area contributed by atoms with Crippen LogP contribution in [0.3, 0.4) is 0 Å². The van der Waals surface area contributed by atoms with Crippen molar-refractivity contribution >= 4 is 13.5 Å². The zero-order valence-electron chi connectivity index (χ0n) is 11.0. The summed E-state index contributed by atoms with van der Waals surface area (Å²) in [6.45, 7) is 0. The van der Waals surface area contributed by atoms with E-state index in [1.807, 2.05) is 0 Å². The van der Waals surface area contributed by atoms with Gasteiger partial charge in [-0.1, -0.05) is 24.3 Å². The molecular formula is C12H19N2O4P. The van der Waals surface area contributed by atoms with Gasteiger partial charge in [-0.25, -0.2) is 0 Å². The summed E-state index contributed by atoms with van der Waals surface area (Å²) in [4.78, 5) is 29.3. The summed E-state index contributed by atoms with van der Waals surface area (Å²) in [7, 11) is -0.743. The molecule has 0 saturated heterocycles. The second-order valence-corrected chi connectivity index (χ2v) is 5.94. The van der Waals surface area contributed by atoms with Gasteiger partial charge in [0, 0.05) is 7.05 Å². The number of hydrogen-bond donors (Lipinski definition) is 4. The molecule has 19 heavy (non-hydrogen) atoms. The van der Waals surface area contributed by atoms with Crippen molar-refractivity contribution in [2.24, 2.45) is 0 Å². The van der Waals surface area contributed by atoms with E-state index < -0.39 is 7.60 Å². The van der Waals surface area contributed by atoms with Crippen LogP contribution in [0.1, 0.15) is 11.1 Å². The number of nitrogens with one attached hydrogen (secondary N) is 2. The van der Waals surface area contributed by atoms with Gasteiger partial charge < -0.3 is 20.4 Å². The van der Waals surface area contributed by atoms with Gasteiger partial charge >= 0.3 is 7.60 Å². The first-order valence-corrected chi connectivity index (χ1v) is 7.66. The van der Waals surface area contributed by atoms with Gasteiger partial charge in [0.2, 0.25) is 5.91 Å². The molecule has 6 nitrogen and oxygen atoms in total. The van der Waals surface area contributed by atoms with Gasteiger partial charge in [-0.15, -0.1) is 0 Å². The van der Waals surface area contributed by atoms with Crippen LogP contribution < -0.4 is 10.6 Å². The highest BCUT2D eigenvalue weighted by Gasteiger charge is 2.16. The normalized spacial score (nSPS) is 13.1. The minimum absolute atomic E-state index is 0.0956. The third-order valence-corrected chi connectivity index (χ3v) is 3.54. The quantitative estimate of drug-likeness (QED) is 0.562. The number of likely N-dealkylation sites (N-methyl/N-ethyl adjacent to an activating group) is 2. The van der Waals surface area contributed by atoms with Crippen LogP contribution in [0.25, 0.3) is 0 Å². The van der Waals surface area contributed by atoms with Crippen molar-refractivity contribution in [2.45, 2.75) is 18.6 Å². The molecule has 0 bridgehead atoms. The highest BCUT2D eigenvalue weighted by molar-refractivity contribution is 7.50. The molecule has 0 heterocycles. The summed E-state index contributed by atoms with van der Waals surface area (Å²) in [5.74, 6) is -0.0956. The highest BCUT2D eigenvalue weighted by atomic mass is 31.2. The van der Waals surface area contributed by atoms with Crippen LogP contribution in [0.5, 0.6) is 0 Å². The first-order chi connectivity index (χ1) is 8.85. The molecule has 1 aromatic rings. The van der Waals surface area contributed by atoms with Crippen LogP contribution >= 0.6 is 7.60 Å². The zero-order valence-corrected chi connectivity index (χ0v) is 11.9. The predicted octanol–water partition coefficient (Wildman–Crippen LogP) is 0.241. The number of hydrogen-bond acceptors (Lipinski definition) is 3. The third-order valence-electron chi connectivity index (χ3n) is 2.76. The summed E-state index contributed by atoms with van der Waals surface area (Å²) < 4.78 is 10.9. The molecule has 0 aromatic heterocycles. The van der Waals surface area contributed by atoms with E-state index in [1.54, 1.807) is 38.4 Å². The van der Waals surface area contributed by atoms with E-state index in [9.17, 15) is 9.36 Å². The van der Waals surface area contributed by atoms with Crippen LogP contribution in [0, 0.1) is 0 Å². The first-order valence-electron chi connectivity index (χ1n) is 5.87. The minimum Gasteiger partial charge on any atom is -0.358 e. The molecule has 1 rings (SSSR count). The summed E-state index contributed by atoms with van der Waals surface area (Å²) >= 11 is 0. The van der Waals surface area contributed by atoms with Gasteiger partial charge in [-0.05, 0) is 24.6 Å². The lowest BCUT2D eigenvalue weighted by Crippen LogP contribution is -2.42. The third kappa shape index (κ3) is 5.53. The monoisotopic (exact) mass is 286 g/mol. The van der Waals surface area contributed by atoms with Crippen LogP contribution in [0.4, 0.5) is 0 Å². The second kappa shape index (κ2) is 6.82. The van der Waals surface area contributed by atoms with E-state index in [2.05, 4.69) is 10.6 Å². The lowest BCUT2D eigenvalue weighted by atomic mass is 10.0. The van der Waals surface area contributed by atoms with Crippen molar-refractivity contribution in [1.82, 2.24) is 10.6 Å². The Morgan fingerprint density at radius 2 is 1.74 bits per heavy atom. The fourth-order valence-corrected chi connectivity index (χ4v) is 2.44. The number of benzene rings is 1. The smallest absolute Gasteiger partial charge is 0.329 e. The minimum atomic E-state index is -4.03. The SMILES string of the molecule is CNC(=O)C(Cc1ccc(CP(=O)(O)O)cc1)NC. The van der Waals surface area contributed by atoms with Gasteiger partial charge in [0.15, 0.2) is 0 Å². The molecule has 0 radical (unpaired) electrons. The molecule has 1 atom stereocenters. The second-order valence-electron chi connectivity index (χ2n) is 4.30. The van der Waals surface area contributed by atoms with Crippen molar-refractivity contribution in [3.05, 3.63) is 35.4 Å². The average molecular weight is 286 g/mol. The topological polar surface area (TPSA) is 98.7 Å². The molecule has 4 N–H and O–H groups in total. The molecular weight excluding hydrogens is 267 g/mol. The Hall–Kier alpha value is -1.20. The number of rotatable bonds is 6. The molecule has 7 heteroatoms. The van der Waals surface area contributed by atoms with Crippen molar-refractivity contribution in [3.63, 3.8) is 0 Å². The Bertz CT molecular complexity index is 469. The molecule has 0 aliphatic rings. The van der Waals surface area contributed by atoms with Crippen molar-refractivity contribution in [3.8, 4) is 0 Å². The molecule has 1 aromatic carbocycles. The summed E-state index contributed by atoms with van der Waals surface area (Å²) in [5, 5.41) is 5.49. The van der Waals surface area contributed by atoms with Gasteiger partial charge in [-0.2, -0.15) is 0 Å². The number of carbonyl (C=O) groups is 1. The maximum atomic E-state index is 11.5. The maximum Gasteiger partial charge on any atom is 0.329 e. The first kappa shape index (κ1) is 15.9. The van der Waals surface area contributed by atoms with E-state index in [1.165, 1.54) is 0 Å². The number of carbonyl (C=O) groups excluding carboxylic acids is 1. The predicted molar refractivity (Wildman–Crippen MR) is 72.8 cm³/mol. The van der Waals surface area contributed by atoms with E-state index in [0.717, 1.165) is 5.56 Å². The Morgan fingerprint density at radius 1 is 1.21 bits per heavy atom. The van der Waals surface area contributed by atoms with Crippen LogP contribution in [-0.2, 0) is 21.9 Å². The van der Waals surface area contributed by atoms with E-state index in [4.69, 9.17) is 9.79 Å². The molecule has 0 aliphatic carbocycles. The van der Waals surface area contributed by atoms with Gasteiger partial charge in [0.25, 0.3) is 0 Å². The van der Waals surface area contributed by atoms with Gasteiger partial charge in [0.1, 0.15) is 0 Å². The van der Waals surface area contributed by atoms with Crippen molar-refractivity contribution in [2.75, 3.05) is 14.1 Å². The molecule has 1 amide bonds. The molecule has 106 valence electrons. The van der Waals surface area contributed by atoms with Crippen molar-refractivity contribution < 1.29 is 19.1 Å². The Balaban J connectivity index is 2.71. The van der Waals surface area contributed by atoms with Crippen LogP contribution in [0.2, 0.25) is 0 Å². The highest BCUT2D eigenvalue weighted by Crippen LogP contribution is 2.38. The fourth-order valence-electron chi connectivity index (χ4n) is 1.75. The summed E-state index contributed by atoms with van der Waals surface area (Å²) in [6, 6.07) is 6.57. The Morgan fingerprint density at radius 3 is 2.16 bits per heavy atom. The van der Waals surface area contributed by atoms with Gasteiger partial charge in [-0.3, -0.25) is 9.36 Å². The zero-order chi connectivity index (χ0) is 14.5.